The second-order valence-electron chi connectivity index (χ2n) is 23.6. The van der Waals surface area contributed by atoms with Crippen molar-refractivity contribution in [3.63, 3.8) is 0 Å². The number of ether oxygens (including phenoxy) is 2. The molecule has 0 radical (unpaired) electrons. The lowest BCUT2D eigenvalue weighted by Crippen LogP contribution is -2.44. The van der Waals surface area contributed by atoms with E-state index in [1.807, 2.05) is 123 Å². The molecule has 0 aliphatic carbocycles. The first-order valence-corrected chi connectivity index (χ1v) is 31.8. The molecule has 3 heterocycles. The molecule has 462 valence electrons. The van der Waals surface area contributed by atoms with Gasteiger partial charge in [0.15, 0.2) is 0 Å². The molecule has 0 unspecified atom stereocenters. The van der Waals surface area contributed by atoms with Crippen LogP contribution in [-0.2, 0) is 9.47 Å². The third-order valence-electron chi connectivity index (χ3n) is 17.4. The van der Waals surface area contributed by atoms with Crippen LogP contribution >= 0.6 is 0 Å². The summed E-state index contributed by atoms with van der Waals surface area (Å²) in [5.74, 6) is 0. The van der Waals surface area contributed by atoms with Crippen LogP contribution in [0.25, 0.3) is 76.8 Å². The molecule has 0 saturated carbocycles. The van der Waals surface area contributed by atoms with Gasteiger partial charge in [-0.15, -0.1) is 0 Å². The summed E-state index contributed by atoms with van der Waals surface area (Å²) in [6.45, 7) is 13.5. The first-order chi connectivity index (χ1) is 45.6. The highest BCUT2D eigenvalue weighted by atomic mass is 16.5. The van der Waals surface area contributed by atoms with E-state index in [-0.39, 0.29) is 0 Å². The molecule has 14 rings (SSSR count). The van der Waals surface area contributed by atoms with Crippen LogP contribution in [0.1, 0.15) is 22.3 Å². The number of likely N-dealkylation sites (N-methyl/N-ethyl adjacent to an activating group) is 1. The van der Waals surface area contributed by atoms with Gasteiger partial charge in [-0.05, 0) is 175 Å². The molecule has 0 atom stereocenters. The first-order valence-electron chi connectivity index (χ1n) is 31.8. The van der Waals surface area contributed by atoms with Crippen LogP contribution in [0.15, 0.2) is 231 Å². The molecule has 0 amide bonds. The summed E-state index contributed by atoms with van der Waals surface area (Å²) in [4.78, 5) is 11.7. The Kier molecular flexibility index (Phi) is 21.4. The number of fused-ring (bicyclic) bond motifs is 3. The van der Waals surface area contributed by atoms with E-state index in [0.29, 0.717) is 16.7 Å². The molecule has 3 saturated heterocycles. The Labute approximate surface area is 547 Å². The number of hydrogen-bond donors (Lipinski definition) is 1. The third-order valence-corrected chi connectivity index (χ3v) is 17.4. The predicted octanol–water partition coefficient (Wildman–Crippen LogP) is 15.8. The minimum Gasteiger partial charge on any atom is -0.384 e. The molecule has 1 N–H and O–H groups in total. The molecule has 0 spiro atoms. The van der Waals surface area contributed by atoms with Gasteiger partial charge in [0.2, 0.25) is 0 Å². The lowest BCUT2D eigenvalue weighted by molar-refractivity contribution is 0.0398. The largest absolute Gasteiger partial charge is 0.384 e. The Balaban J connectivity index is 0.000000128. The van der Waals surface area contributed by atoms with Crippen molar-refractivity contribution >= 4 is 55.1 Å². The van der Waals surface area contributed by atoms with Crippen molar-refractivity contribution in [3.05, 3.63) is 253 Å². The number of nitrogens with zero attached hydrogens (tertiary/aromatic N) is 9. The van der Waals surface area contributed by atoms with Gasteiger partial charge in [-0.3, -0.25) is 4.90 Å². The van der Waals surface area contributed by atoms with Crippen molar-refractivity contribution in [1.82, 2.24) is 9.80 Å². The van der Waals surface area contributed by atoms with Gasteiger partial charge in [0, 0.05) is 102 Å². The maximum absolute atomic E-state index is 9.34. The quantitative estimate of drug-likeness (QED) is 0.132. The minimum absolute atomic E-state index is 0.707. The average Bonchev–Trinajstić information content (AvgIpc) is 1.59. The fourth-order valence-corrected chi connectivity index (χ4v) is 12.1. The number of benzene rings is 11. The van der Waals surface area contributed by atoms with Gasteiger partial charge in [-0.2, -0.15) is 21.0 Å². The highest BCUT2D eigenvalue weighted by Gasteiger charge is 2.17. The first kappa shape index (κ1) is 63.8. The van der Waals surface area contributed by atoms with Gasteiger partial charge < -0.3 is 34.4 Å². The van der Waals surface area contributed by atoms with E-state index in [1.165, 1.54) is 43.7 Å². The monoisotopic (exact) mass is 1220 g/mol. The molecule has 0 bridgehead atoms. The molecule has 93 heavy (non-hydrogen) atoms. The molecule has 3 aliphatic heterocycles. The average molecular weight is 1220 g/mol. The van der Waals surface area contributed by atoms with Gasteiger partial charge >= 0.3 is 0 Å². The van der Waals surface area contributed by atoms with Crippen molar-refractivity contribution in [3.8, 4) is 68.8 Å². The normalized spacial score (nSPS) is 13.9. The number of anilines is 4. The summed E-state index contributed by atoms with van der Waals surface area (Å²) in [5, 5.41) is 47.8. The predicted molar refractivity (Wildman–Crippen MR) is 382 cm³/mol. The van der Waals surface area contributed by atoms with Gasteiger partial charge in [-0.25, -0.2) is 0 Å². The molecule has 3 aliphatic rings. The van der Waals surface area contributed by atoms with Crippen LogP contribution < -0.4 is 20.0 Å². The number of rotatable bonds is 11. The molecule has 12 heteroatoms. The summed E-state index contributed by atoms with van der Waals surface area (Å²) >= 11 is 0. The van der Waals surface area contributed by atoms with Crippen LogP contribution in [0.5, 0.6) is 0 Å². The van der Waals surface area contributed by atoms with Crippen molar-refractivity contribution in [1.29, 1.82) is 21.0 Å². The van der Waals surface area contributed by atoms with Gasteiger partial charge in [0.1, 0.15) is 0 Å². The number of hydrogen-bond acceptors (Lipinski definition) is 12. The van der Waals surface area contributed by atoms with Crippen molar-refractivity contribution < 1.29 is 9.47 Å². The molecule has 11 aromatic carbocycles. The Morgan fingerprint density at radius 3 is 1.16 bits per heavy atom. The minimum atomic E-state index is 0.707. The summed E-state index contributed by atoms with van der Waals surface area (Å²) in [6.07, 6.45) is 0. The second-order valence-corrected chi connectivity index (χ2v) is 23.6. The topological polar surface area (TPSA) is 142 Å². The van der Waals surface area contributed by atoms with Gasteiger partial charge in [0.05, 0.1) is 73.0 Å². The second kappa shape index (κ2) is 31.3. The number of morpholine rings is 2. The van der Waals surface area contributed by atoms with Gasteiger partial charge in [0.25, 0.3) is 0 Å². The van der Waals surface area contributed by atoms with Crippen LogP contribution in [0.4, 0.5) is 22.7 Å². The lowest BCUT2D eigenvalue weighted by atomic mass is 9.97. The van der Waals surface area contributed by atoms with Crippen LogP contribution in [0, 0.1) is 45.3 Å². The smallest absolute Gasteiger partial charge is 0.0998 e. The SMILES string of the molecule is CN(C)c1ccc(-c2ccccc2C#N)cc1.CN1CCN(c2ccc3cc(-c4ccccc4C#N)ccc3c2)CC1.N#Cc1ccccc1-c1ccc2cc(N3CCOCC3)ccc2c1.N#Cc1ccccc1-c1ccc2cc(NCCN3CCOCC3)ccc2c1. The number of piperazine rings is 1. The number of nitrogens with one attached hydrogen (secondary N) is 1. The van der Waals surface area contributed by atoms with E-state index < -0.39 is 0 Å². The van der Waals surface area contributed by atoms with E-state index >= 15 is 0 Å². The molecule has 0 aromatic heterocycles. The molecular weight excluding hydrogens is 1140 g/mol. The Hall–Kier alpha value is -10.8. The highest BCUT2D eigenvalue weighted by molar-refractivity contribution is 5.93. The van der Waals surface area contributed by atoms with Crippen molar-refractivity contribution in [2.24, 2.45) is 0 Å². The summed E-state index contributed by atoms with van der Waals surface area (Å²) in [5.41, 5.74) is 16.0. The lowest BCUT2D eigenvalue weighted by Gasteiger charge is -2.34. The molecule has 12 nitrogen and oxygen atoms in total. The summed E-state index contributed by atoms with van der Waals surface area (Å²) < 4.78 is 10.8. The van der Waals surface area contributed by atoms with E-state index in [9.17, 15) is 15.8 Å². The highest BCUT2D eigenvalue weighted by Crippen LogP contribution is 2.33. The van der Waals surface area contributed by atoms with Crippen LogP contribution in [-0.4, -0.2) is 123 Å². The third kappa shape index (κ3) is 16.2. The Morgan fingerprint density at radius 1 is 0.376 bits per heavy atom. The van der Waals surface area contributed by atoms with Gasteiger partial charge in [-0.1, -0.05) is 140 Å². The maximum atomic E-state index is 9.34. The zero-order valence-electron chi connectivity index (χ0n) is 53.2. The Bertz CT molecular complexity index is 4540. The fourth-order valence-electron chi connectivity index (χ4n) is 12.1. The standard InChI is InChI=1S/C23H23N3O.C22H21N3.C21H18N2O.C15H14N2/c24-17-21-3-1-2-4-23(21)20-6-5-19-16-22(8-7-18(19)15-20)25-9-10-26-11-13-27-14-12-26;1-24-10-12-25(13-11-24)21-9-8-17-14-19(7-6-18(17)15-21)22-5-3-2-4-20(22)16-23;22-15-19-3-1-2-4-21(19)18-6-5-17-14-20(8-7-16(17)13-18)23-9-11-24-12-10-23;1-17(2)14-9-7-12(8-10-14)15-6-4-3-5-13(15)11-16/h1-8,15-16,25H,9-14H2;2-9,14-15H,10-13H2,1H3;1-8,13-14H,9-12H2;3-10H,1-2H3. The zero-order chi connectivity index (χ0) is 64.3. The van der Waals surface area contributed by atoms with E-state index in [2.05, 4.69) is 182 Å². The van der Waals surface area contributed by atoms with E-state index in [4.69, 9.17) is 14.7 Å². The van der Waals surface area contributed by atoms with Crippen LogP contribution in [0.3, 0.4) is 0 Å². The zero-order valence-corrected chi connectivity index (χ0v) is 53.2. The summed E-state index contributed by atoms with van der Waals surface area (Å²) in [7, 11) is 6.20. The molecule has 11 aromatic rings. The number of nitriles is 4. The maximum Gasteiger partial charge on any atom is 0.0998 e. The Morgan fingerprint density at radius 2 is 0.731 bits per heavy atom. The van der Waals surface area contributed by atoms with E-state index in [1.54, 1.807) is 0 Å². The molecule has 3 fully saturated rings. The molecular formula is C81H76N10O2. The van der Waals surface area contributed by atoms with Crippen molar-refractivity contribution in [2.45, 2.75) is 0 Å². The summed E-state index contributed by atoms with van der Waals surface area (Å²) in [6, 6.07) is 87.2. The fraction of sp³-hybridized carbons (Fsp3) is 0.210. The van der Waals surface area contributed by atoms with E-state index in [0.717, 1.165) is 153 Å². The van der Waals surface area contributed by atoms with Crippen LogP contribution in [0.2, 0.25) is 0 Å². The van der Waals surface area contributed by atoms with Crippen molar-refractivity contribution in [2.75, 3.05) is 133 Å².